The lowest BCUT2D eigenvalue weighted by molar-refractivity contribution is 0.331. The molecule has 0 saturated carbocycles. The Kier molecular flexibility index (Phi) is 4.82. The highest BCUT2D eigenvalue weighted by Crippen LogP contribution is 2.33. The standard InChI is InChI=1S/C22H23N7OS/c1-3-16-12(2)26-21(23)28-19(16)29-6-7-30-18-5-4-13(8-15(18)11-29)14-9-17-20(25-10-14)31-22(24)27-17/h4-5,8-10H,3,6-7,11H2,1-2H3,(H2,24,27)(H2,23,26,28). The van der Waals surface area contributed by atoms with Crippen LogP contribution in [0.2, 0.25) is 0 Å². The van der Waals surface area contributed by atoms with Crippen LogP contribution < -0.4 is 21.1 Å². The highest BCUT2D eigenvalue weighted by Gasteiger charge is 2.21. The van der Waals surface area contributed by atoms with Crippen LogP contribution in [0.3, 0.4) is 0 Å². The normalized spacial score (nSPS) is 13.7. The van der Waals surface area contributed by atoms with Crippen molar-refractivity contribution in [3.05, 3.63) is 47.3 Å². The van der Waals surface area contributed by atoms with Gasteiger partial charge in [0.2, 0.25) is 5.95 Å². The number of nitrogens with two attached hydrogens (primary N) is 2. The van der Waals surface area contributed by atoms with Crippen molar-refractivity contribution in [2.24, 2.45) is 0 Å². The smallest absolute Gasteiger partial charge is 0.222 e. The zero-order chi connectivity index (χ0) is 21.5. The second kappa shape index (κ2) is 7.66. The van der Waals surface area contributed by atoms with Gasteiger partial charge in [0.1, 0.15) is 28.5 Å². The molecule has 4 heterocycles. The molecular weight excluding hydrogens is 410 g/mol. The molecule has 0 bridgehead atoms. The van der Waals surface area contributed by atoms with Gasteiger partial charge in [-0.15, -0.1) is 0 Å². The first kappa shape index (κ1) is 19.5. The van der Waals surface area contributed by atoms with E-state index < -0.39 is 0 Å². The van der Waals surface area contributed by atoms with E-state index in [-0.39, 0.29) is 0 Å². The van der Waals surface area contributed by atoms with E-state index in [1.54, 1.807) is 0 Å². The summed E-state index contributed by atoms with van der Waals surface area (Å²) >= 11 is 1.39. The molecule has 4 aromatic rings. The van der Waals surface area contributed by atoms with Gasteiger partial charge in [0.05, 0.1) is 6.54 Å². The van der Waals surface area contributed by atoms with Crippen molar-refractivity contribution in [1.29, 1.82) is 0 Å². The molecule has 0 unspecified atom stereocenters. The highest BCUT2D eigenvalue weighted by atomic mass is 32.1. The van der Waals surface area contributed by atoms with Crippen LogP contribution >= 0.6 is 11.3 Å². The van der Waals surface area contributed by atoms with Gasteiger partial charge in [0.25, 0.3) is 0 Å². The molecule has 3 aromatic heterocycles. The number of thiazole rings is 1. The number of benzene rings is 1. The molecule has 5 rings (SSSR count). The minimum atomic E-state index is 0.297. The van der Waals surface area contributed by atoms with Crippen LogP contribution in [0.4, 0.5) is 16.9 Å². The van der Waals surface area contributed by atoms with Gasteiger partial charge < -0.3 is 21.1 Å². The van der Waals surface area contributed by atoms with Gasteiger partial charge in [0.15, 0.2) is 5.13 Å². The van der Waals surface area contributed by atoms with Gasteiger partial charge in [-0.25, -0.2) is 15.0 Å². The molecule has 1 aromatic carbocycles. The Morgan fingerprint density at radius 2 is 2.00 bits per heavy atom. The maximum Gasteiger partial charge on any atom is 0.222 e. The number of fused-ring (bicyclic) bond motifs is 2. The Morgan fingerprint density at radius 1 is 1.13 bits per heavy atom. The summed E-state index contributed by atoms with van der Waals surface area (Å²) in [4.78, 5) is 20.9. The molecule has 4 N–H and O–H groups in total. The van der Waals surface area contributed by atoms with Crippen molar-refractivity contribution in [3.8, 4) is 16.9 Å². The number of hydrogen-bond donors (Lipinski definition) is 2. The fraction of sp³-hybridized carbons (Fsp3) is 0.273. The molecule has 1 aliphatic heterocycles. The van der Waals surface area contributed by atoms with Gasteiger partial charge in [-0.05, 0) is 37.1 Å². The average molecular weight is 434 g/mol. The summed E-state index contributed by atoms with van der Waals surface area (Å²) in [6, 6.07) is 8.25. The average Bonchev–Trinajstić information content (AvgIpc) is 2.98. The fourth-order valence-corrected chi connectivity index (χ4v) is 4.69. The van der Waals surface area contributed by atoms with Crippen LogP contribution in [-0.2, 0) is 13.0 Å². The molecule has 9 heteroatoms. The minimum absolute atomic E-state index is 0.297. The lowest BCUT2D eigenvalue weighted by Gasteiger charge is -2.24. The summed E-state index contributed by atoms with van der Waals surface area (Å²) in [7, 11) is 0. The molecule has 0 radical (unpaired) electrons. The molecular formula is C22H23N7OS. The lowest BCUT2D eigenvalue weighted by atomic mass is 10.0. The molecule has 0 aliphatic carbocycles. The van der Waals surface area contributed by atoms with Gasteiger partial charge in [-0.3, -0.25) is 0 Å². The fourth-order valence-electron chi connectivity index (χ4n) is 4.03. The SMILES string of the molecule is CCc1c(C)nc(N)nc1N1CCOc2ccc(-c3cnc4sc(N)nc4c3)cc2C1. The number of pyridine rings is 1. The molecule has 0 spiro atoms. The molecule has 0 saturated heterocycles. The maximum atomic E-state index is 6.04. The Hall–Kier alpha value is -3.46. The number of anilines is 3. The topological polar surface area (TPSA) is 116 Å². The number of nitrogens with zero attached hydrogens (tertiary/aromatic N) is 5. The number of ether oxygens (including phenoxy) is 1. The van der Waals surface area contributed by atoms with E-state index in [0.717, 1.165) is 62.8 Å². The van der Waals surface area contributed by atoms with Crippen molar-refractivity contribution in [3.63, 3.8) is 0 Å². The van der Waals surface area contributed by atoms with E-state index in [0.29, 0.717) is 24.2 Å². The Balaban J connectivity index is 1.53. The molecule has 158 valence electrons. The summed E-state index contributed by atoms with van der Waals surface area (Å²) in [6.45, 7) is 6.06. The third-order valence-corrected chi connectivity index (χ3v) is 6.31. The molecule has 8 nitrogen and oxygen atoms in total. The first-order chi connectivity index (χ1) is 15.0. The van der Waals surface area contributed by atoms with Crippen molar-refractivity contribution in [1.82, 2.24) is 19.9 Å². The van der Waals surface area contributed by atoms with Gasteiger partial charge in [0, 0.05) is 35.1 Å². The van der Waals surface area contributed by atoms with Crippen molar-refractivity contribution in [2.75, 3.05) is 29.5 Å². The number of aryl methyl sites for hydroxylation is 1. The van der Waals surface area contributed by atoms with E-state index in [2.05, 4.69) is 43.9 Å². The minimum Gasteiger partial charge on any atom is -0.491 e. The van der Waals surface area contributed by atoms with E-state index in [9.17, 15) is 0 Å². The summed E-state index contributed by atoms with van der Waals surface area (Å²) in [5.74, 6) is 2.07. The summed E-state index contributed by atoms with van der Waals surface area (Å²) in [5, 5.41) is 0.525. The lowest BCUT2D eigenvalue weighted by Crippen LogP contribution is -2.28. The predicted octanol–water partition coefficient (Wildman–Crippen LogP) is 3.58. The largest absolute Gasteiger partial charge is 0.491 e. The molecule has 0 atom stereocenters. The first-order valence-corrected chi connectivity index (χ1v) is 11.0. The van der Waals surface area contributed by atoms with E-state index in [1.165, 1.54) is 11.3 Å². The Morgan fingerprint density at radius 3 is 2.84 bits per heavy atom. The zero-order valence-corrected chi connectivity index (χ0v) is 18.2. The van der Waals surface area contributed by atoms with E-state index in [4.69, 9.17) is 16.2 Å². The zero-order valence-electron chi connectivity index (χ0n) is 17.4. The van der Waals surface area contributed by atoms with E-state index in [1.807, 2.05) is 25.3 Å². The van der Waals surface area contributed by atoms with Crippen molar-refractivity contribution >= 4 is 38.6 Å². The van der Waals surface area contributed by atoms with Crippen molar-refractivity contribution in [2.45, 2.75) is 26.8 Å². The van der Waals surface area contributed by atoms with Gasteiger partial charge >= 0.3 is 0 Å². The third kappa shape index (κ3) is 3.61. The quantitative estimate of drug-likeness (QED) is 0.504. The Bertz CT molecular complexity index is 1290. The molecule has 1 aliphatic rings. The summed E-state index contributed by atoms with van der Waals surface area (Å²) in [5.41, 5.74) is 17.8. The number of aromatic nitrogens is 4. The van der Waals surface area contributed by atoms with Crippen LogP contribution in [0, 0.1) is 6.92 Å². The van der Waals surface area contributed by atoms with Gasteiger partial charge in [-0.1, -0.05) is 24.3 Å². The van der Waals surface area contributed by atoms with Gasteiger partial charge in [-0.2, -0.15) is 4.98 Å². The third-order valence-electron chi connectivity index (χ3n) is 5.50. The predicted molar refractivity (Wildman–Crippen MR) is 124 cm³/mol. The van der Waals surface area contributed by atoms with Crippen LogP contribution in [0.1, 0.15) is 23.7 Å². The van der Waals surface area contributed by atoms with Crippen molar-refractivity contribution < 1.29 is 4.74 Å². The maximum absolute atomic E-state index is 6.04. The monoisotopic (exact) mass is 433 g/mol. The number of rotatable bonds is 3. The summed E-state index contributed by atoms with van der Waals surface area (Å²) < 4.78 is 6.04. The first-order valence-electron chi connectivity index (χ1n) is 10.2. The highest BCUT2D eigenvalue weighted by molar-refractivity contribution is 7.21. The molecule has 0 amide bonds. The number of hydrogen-bond acceptors (Lipinski definition) is 9. The number of nitrogen functional groups attached to an aromatic ring is 2. The second-order valence-corrected chi connectivity index (χ2v) is 8.52. The summed E-state index contributed by atoms with van der Waals surface area (Å²) in [6.07, 6.45) is 2.70. The van der Waals surface area contributed by atoms with Crippen LogP contribution in [0.5, 0.6) is 5.75 Å². The Labute approximate surface area is 183 Å². The van der Waals surface area contributed by atoms with Crippen LogP contribution in [0.25, 0.3) is 21.5 Å². The molecule has 31 heavy (non-hydrogen) atoms. The molecule has 0 fully saturated rings. The van der Waals surface area contributed by atoms with Crippen LogP contribution in [-0.4, -0.2) is 33.1 Å². The van der Waals surface area contributed by atoms with E-state index >= 15 is 0 Å². The van der Waals surface area contributed by atoms with Crippen LogP contribution in [0.15, 0.2) is 30.5 Å². The second-order valence-electron chi connectivity index (χ2n) is 7.52.